The minimum absolute atomic E-state index is 0.289. The average Bonchev–Trinajstić information content (AvgIpc) is 3.01. The Bertz CT molecular complexity index is 653. The van der Waals surface area contributed by atoms with Crippen molar-refractivity contribution in [2.45, 2.75) is 19.1 Å². The summed E-state index contributed by atoms with van der Waals surface area (Å²) in [5.41, 5.74) is 0.878. The molecular weight excluding hydrogens is 262 g/mol. The molecule has 104 valence electrons. The number of carbonyl (C=O) groups is 1. The van der Waals surface area contributed by atoms with Crippen LogP contribution in [0.25, 0.3) is 0 Å². The maximum Gasteiger partial charge on any atom is 0.345 e. The lowest BCUT2D eigenvalue weighted by Crippen LogP contribution is -2.24. The van der Waals surface area contributed by atoms with E-state index >= 15 is 0 Å². The van der Waals surface area contributed by atoms with Gasteiger partial charge in [-0.15, -0.1) is 10.2 Å². The highest BCUT2D eigenvalue weighted by atomic mass is 16.5. The third kappa shape index (κ3) is 2.29. The number of aryl methyl sites for hydroxylation is 1. The van der Waals surface area contributed by atoms with E-state index in [1.165, 1.54) is 0 Å². The molecule has 1 atom stereocenters. The van der Waals surface area contributed by atoms with Crippen LogP contribution in [0, 0.1) is 0 Å². The Morgan fingerprint density at radius 1 is 1.60 bits per heavy atom. The summed E-state index contributed by atoms with van der Waals surface area (Å²) < 4.78 is 12.7. The third-order valence-corrected chi connectivity index (χ3v) is 3.16. The fourth-order valence-electron chi connectivity index (χ4n) is 2.02. The smallest absolute Gasteiger partial charge is 0.345 e. The maximum atomic E-state index is 10.9. The van der Waals surface area contributed by atoms with Crippen molar-refractivity contribution >= 4 is 5.97 Å². The molecule has 0 spiro atoms. The number of aromatic nitrogens is 3. The Balaban J connectivity index is 1.70. The van der Waals surface area contributed by atoms with Gasteiger partial charge in [-0.05, 0) is 11.6 Å². The lowest BCUT2D eigenvalue weighted by molar-refractivity contribution is -0.144. The summed E-state index contributed by atoms with van der Waals surface area (Å²) in [6.45, 7) is 0.289. The number of aliphatic carboxylic acids is 1. The lowest BCUT2D eigenvalue weighted by atomic mass is 10.1. The highest BCUT2D eigenvalue weighted by molar-refractivity contribution is 5.74. The first-order valence-electron chi connectivity index (χ1n) is 6.11. The molecule has 2 aromatic rings. The quantitative estimate of drug-likeness (QED) is 0.887. The minimum atomic E-state index is -0.956. The Kier molecular flexibility index (Phi) is 3.02. The monoisotopic (exact) mass is 275 g/mol. The van der Waals surface area contributed by atoms with Gasteiger partial charge in [0, 0.05) is 19.5 Å². The van der Waals surface area contributed by atoms with Crippen LogP contribution in [0.2, 0.25) is 0 Å². The zero-order valence-electron chi connectivity index (χ0n) is 10.8. The van der Waals surface area contributed by atoms with Gasteiger partial charge in [-0.2, -0.15) is 0 Å². The van der Waals surface area contributed by atoms with Gasteiger partial charge in [0.25, 0.3) is 0 Å². The number of fused-ring (bicyclic) bond motifs is 1. The predicted octanol–water partition coefficient (Wildman–Crippen LogP) is 0.782. The molecule has 0 fully saturated rings. The average molecular weight is 275 g/mol. The van der Waals surface area contributed by atoms with E-state index in [2.05, 4.69) is 10.2 Å². The van der Waals surface area contributed by atoms with Crippen LogP contribution >= 0.6 is 0 Å². The van der Waals surface area contributed by atoms with Crippen LogP contribution in [0.1, 0.15) is 11.4 Å². The van der Waals surface area contributed by atoms with Crippen molar-refractivity contribution in [3.63, 3.8) is 0 Å². The van der Waals surface area contributed by atoms with E-state index in [1.807, 2.05) is 13.1 Å². The van der Waals surface area contributed by atoms with Gasteiger partial charge in [-0.25, -0.2) is 4.79 Å². The standard InChI is InChI=1S/C13H13N3O4/c1-16-7-14-15-12(16)6-19-9-3-2-8-4-11(13(17)18)20-10(8)5-9/h2-3,5,7,11H,4,6H2,1H3,(H,17,18). The molecule has 1 aromatic carbocycles. The third-order valence-electron chi connectivity index (χ3n) is 3.16. The highest BCUT2D eigenvalue weighted by Gasteiger charge is 2.28. The van der Waals surface area contributed by atoms with Crippen molar-refractivity contribution in [1.82, 2.24) is 14.8 Å². The number of benzene rings is 1. The van der Waals surface area contributed by atoms with Gasteiger partial charge in [-0.3, -0.25) is 0 Å². The summed E-state index contributed by atoms with van der Waals surface area (Å²) in [5.74, 6) is 0.920. The second kappa shape index (κ2) is 4.84. The van der Waals surface area contributed by atoms with Crippen LogP contribution in [0.4, 0.5) is 0 Å². The molecule has 0 saturated heterocycles. The van der Waals surface area contributed by atoms with E-state index < -0.39 is 12.1 Å². The first-order valence-corrected chi connectivity index (χ1v) is 6.11. The Morgan fingerprint density at radius 3 is 3.15 bits per heavy atom. The Hall–Kier alpha value is -2.57. The number of hydrogen-bond acceptors (Lipinski definition) is 5. The Labute approximate surface area is 114 Å². The lowest BCUT2D eigenvalue weighted by Gasteiger charge is -2.07. The molecule has 7 heteroatoms. The van der Waals surface area contributed by atoms with E-state index in [0.717, 1.165) is 5.56 Å². The fourth-order valence-corrected chi connectivity index (χ4v) is 2.02. The summed E-state index contributed by atoms with van der Waals surface area (Å²) in [6, 6.07) is 5.32. The zero-order chi connectivity index (χ0) is 14.1. The summed E-state index contributed by atoms with van der Waals surface area (Å²) in [4.78, 5) is 10.9. The molecule has 1 aromatic heterocycles. The van der Waals surface area contributed by atoms with Crippen LogP contribution in [0.3, 0.4) is 0 Å². The van der Waals surface area contributed by atoms with Crippen molar-refractivity contribution in [1.29, 1.82) is 0 Å². The number of carboxylic acid groups (broad SMARTS) is 1. The van der Waals surface area contributed by atoms with Gasteiger partial charge in [0.2, 0.25) is 0 Å². The predicted molar refractivity (Wildman–Crippen MR) is 67.5 cm³/mol. The highest BCUT2D eigenvalue weighted by Crippen LogP contribution is 2.32. The maximum absolute atomic E-state index is 10.9. The van der Waals surface area contributed by atoms with Crippen LogP contribution in [0.15, 0.2) is 24.5 Å². The molecule has 1 N–H and O–H groups in total. The molecule has 3 rings (SSSR count). The topological polar surface area (TPSA) is 86.5 Å². The fraction of sp³-hybridized carbons (Fsp3) is 0.308. The molecule has 0 aliphatic carbocycles. The number of rotatable bonds is 4. The van der Waals surface area contributed by atoms with Crippen LogP contribution in [-0.2, 0) is 24.9 Å². The van der Waals surface area contributed by atoms with Crippen molar-refractivity contribution in [2.75, 3.05) is 0 Å². The molecular formula is C13H13N3O4. The van der Waals surface area contributed by atoms with E-state index in [9.17, 15) is 4.79 Å². The summed E-state index contributed by atoms with van der Waals surface area (Å²) in [7, 11) is 1.84. The first kappa shape index (κ1) is 12.5. The molecule has 0 amide bonds. The van der Waals surface area contributed by atoms with E-state index in [4.69, 9.17) is 14.6 Å². The molecule has 1 aliphatic heterocycles. The largest absolute Gasteiger partial charge is 0.485 e. The molecule has 7 nitrogen and oxygen atoms in total. The molecule has 20 heavy (non-hydrogen) atoms. The molecule has 0 saturated carbocycles. The summed E-state index contributed by atoms with van der Waals surface area (Å²) in [5, 5.41) is 16.6. The van der Waals surface area contributed by atoms with Crippen LogP contribution < -0.4 is 9.47 Å². The normalized spacial score (nSPS) is 16.6. The van der Waals surface area contributed by atoms with E-state index in [0.29, 0.717) is 23.7 Å². The van der Waals surface area contributed by atoms with Crippen LogP contribution in [0.5, 0.6) is 11.5 Å². The first-order chi connectivity index (χ1) is 9.63. The SMILES string of the molecule is Cn1cnnc1COc1ccc2c(c1)OC(C(=O)O)C2. The van der Waals surface area contributed by atoms with Gasteiger partial charge >= 0.3 is 5.97 Å². The number of carboxylic acids is 1. The second-order valence-electron chi connectivity index (χ2n) is 4.57. The molecule has 1 aliphatic rings. The van der Waals surface area contributed by atoms with E-state index in [1.54, 1.807) is 23.0 Å². The molecule has 1 unspecified atom stereocenters. The molecule has 2 heterocycles. The summed E-state index contributed by atoms with van der Waals surface area (Å²) in [6.07, 6.45) is 1.18. The van der Waals surface area contributed by atoms with Gasteiger partial charge < -0.3 is 19.1 Å². The minimum Gasteiger partial charge on any atom is -0.485 e. The van der Waals surface area contributed by atoms with Crippen molar-refractivity contribution in [3.05, 3.63) is 35.9 Å². The van der Waals surface area contributed by atoms with Gasteiger partial charge in [0.1, 0.15) is 24.4 Å². The summed E-state index contributed by atoms with van der Waals surface area (Å²) >= 11 is 0. The van der Waals surface area contributed by atoms with Gasteiger partial charge in [0.05, 0.1) is 0 Å². The van der Waals surface area contributed by atoms with Gasteiger partial charge in [0.15, 0.2) is 11.9 Å². The number of ether oxygens (including phenoxy) is 2. The van der Waals surface area contributed by atoms with Crippen LogP contribution in [-0.4, -0.2) is 31.9 Å². The van der Waals surface area contributed by atoms with Gasteiger partial charge in [-0.1, -0.05) is 6.07 Å². The molecule has 0 radical (unpaired) electrons. The number of nitrogens with zero attached hydrogens (tertiary/aromatic N) is 3. The van der Waals surface area contributed by atoms with E-state index in [-0.39, 0.29) is 6.61 Å². The van der Waals surface area contributed by atoms with Crippen molar-refractivity contribution in [2.24, 2.45) is 7.05 Å². The Morgan fingerprint density at radius 2 is 2.45 bits per heavy atom. The second-order valence-corrected chi connectivity index (χ2v) is 4.57. The molecule has 0 bridgehead atoms. The number of hydrogen-bond donors (Lipinski definition) is 1. The zero-order valence-corrected chi connectivity index (χ0v) is 10.8. The van der Waals surface area contributed by atoms with Crippen molar-refractivity contribution in [3.8, 4) is 11.5 Å². The van der Waals surface area contributed by atoms with Crippen molar-refractivity contribution < 1.29 is 19.4 Å².